The number of rotatable bonds is 3. The van der Waals surface area contributed by atoms with Gasteiger partial charge >= 0.3 is 0 Å². The minimum absolute atomic E-state index is 0.0161. The number of hydrogen-bond donors (Lipinski definition) is 2. The zero-order valence-corrected chi connectivity index (χ0v) is 13.6. The molecule has 1 aliphatic heterocycles. The maximum atomic E-state index is 13.4. The molecular weight excluding hydrogens is 342 g/mol. The molecule has 0 fully saturated rings. The summed E-state index contributed by atoms with van der Waals surface area (Å²) in [6, 6.07) is 8.29. The van der Waals surface area contributed by atoms with Gasteiger partial charge in [-0.05, 0) is 47.5 Å². The average molecular weight is 356 g/mol. The van der Waals surface area contributed by atoms with Crippen LogP contribution in [0.2, 0.25) is 0 Å². The molecule has 0 saturated carbocycles. The second kappa shape index (κ2) is 6.79. The van der Waals surface area contributed by atoms with Crippen LogP contribution in [-0.2, 0) is 4.79 Å². The van der Waals surface area contributed by atoms with E-state index in [2.05, 4.69) is 4.99 Å². The highest BCUT2D eigenvalue weighted by atomic mass is 19.1. The third-order valence-electron chi connectivity index (χ3n) is 3.76. The average Bonchev–Trinajstić information content (AvgIpc) is 2.87. The predicted molar refractivity (Wildman–Crippen MR) is 93.3 cm³/mol. The Hall–Kier alpha value is -3.48. The summed E-state index contributed by atoms with van der Waals surface area (Å²) < 4.78 is 26.8. The standard InChI is InChI=1S/C19H14F2N2O3/c1-23-17(7-4-11-2-5-13(24)6-3-11)22-16(19(23)26)10-12-8-14(20)18(25)15(21)9-12/h2-10,24-25H,1H3/b7-4+,16-10+. The third kappa shape index (κ3) is 3.46. The molecule has 5 nitrogen and oxygen atoms in total. The number of carbonyl (C=O) groups excluding carboxylic acids is 1. The van der Waals surface area contributed by atoms with Crippen LogP contribution < -0.4 is 0 Å². The normalized spacial score (nSPS) is 16.0. The maximum Gasteiger partial charge on any atom is 0.277 e. The van der Waals surface area contributed by atoms with E-state index in [-0.39, 0.29) is 17.0 Å². The maximum absolute atomic E-state index is 13.4. The number of phenolic OH excluding ortho intramolecular Hbond substituents is 2. The lowest BCUT2D eigenvalue weighted by Gasteiger charge is -2.07. The van der Waals surface area contributed by atoms with Crippen LogP contribution in [0.25, 0.3) is 12.2 Å². The van der Waals surface area contributed by atoms with E-state index in [4.69, 9.17) is 5.11 Å². The van der Waals surface area contributed by atoms with Gasteiger partial charge < -0.3 is 10.2 Å². The monoisotopic (exact) mass is 356 g/mol. The molecule has 7 heteroatoms. The molecule has 2 N–H and O–H groups in total. The van der Waals surface area contributed by atoms with Gasteiger partial charge in [0, 0.05) is 7.05 Å². The summed E-state index contributed by atoms with van der Waals surface area (Å²) in [7, 11) is 1.53. The molecule has 26 heavy (non-hydrogen) atoms. The Bertz CT molecular complexity index is 940. The van der Waals surface area contributed by atoms with Gasteiger partial charge in [-0.1, -0.05) is 18.2 Å². The number of aliphatic imine (C=N–C) groups is 1. The van der Waals surface area contributed by atoms with Gasteiger partial charge in [-0.15, -0.1) is 0 Å². The van der Waals surface area contributed by atoms with Crippen LogP contribution in [-0.4, -0.2) is 33.9 Å². The van der Waals surface area contributed by atoms with E-state index in [1.807, 2.05) is 0 Å². The molecule has 0 radical (unpaired) electrons. The molecule has 0 atom stereocenters. The number of nitrogens with zero attached hydrogens (tertiary/aromatic N) is 2. The van der Waals surface area contributed by atoms with Crippen LogP contribution in [0.15, 0.2) is 53.2 Å². The number of likely N-dealkylation sites (N-methyl/N-ethyl adjacent to an activating group) is 1. The lowest BCUT2D eigenvalue weighted by atomic mass is 10.1. The summed E-state index contributed by atoms with van der Waals surface area (Å²) in [5, 5.41) is 18.4. The van der Waals surface area contributed by atoms with Gasteiger partial charge in [0.25, 0.3) is 5.91 Å². The molecule has 0 bridgehead atoms. The van der Waals surface area contributed by atoms with Gasteiger partial charge in [-0.2, -0.15) is 0 Å². The fraction of sp³-hybridized carbons (Fsp3) is 0.0526. The number of carbonyl (C=O) groups is 1. The molecule has 3 rings (SSSR count). The van der Waals surface area contributed by atoms with Gasteiger partial charge in [0.05, 0.1) is 0 Å². The van der Waals surface area contributed by atoms with Crippen LogP contribution >= 0.6 is 0 Å². The Kier molecular flexibility index (Phi) is 4.53. The van der Waals surface area contributed by atoms with Gasteiger partial charge in [0.1, 0.15) is 17.3 Å². The van der Waals surface area contributed by atoms with Crippen molar-refractivity contribution < 1.29 is 23.8 Å². The first-order valence-corrected chi connectivity index (χ1v) is 7.59. The lowest BCUT2D eigenvalue weighted by Crippen LogP contribution is -2.26. The summed E-state index contributed by atoms with van der Waals surface area (Å²) in [4.78, 5) is 17.7. The van der Waals surface area contributed by atoms with Crippen molar-refractivity contribution in [2.24, 2.45) is 4.99 Å². The van der Waals surface area contributed by atoms with Crippen LogP contribution in [0.3, 0.4) is 0 Å². The topological polar surface area (TPSA) is 73.1 Å². The van der Waals surface area contributed by atoms with Crippen molar-refractivity contribution >= 4 is 23.9 Å². The van der Waals surface area contributed by atoms with Gasteiger partial charge in [-0.3, -0.25) is 9.69 Å². The Morgan fingerprint density at radius 2 is 1.62 bits per heavy atom. The minimum atomic E-state index is -1.12. The highest BCUT2D eigenvalue weighted by Crippen LogP contribution is 2.24. The number of aromatic hydroxyl groups is 2. The van der Waals surface area contributed by atoms with Crippen molar-refractivity contribution in [1.82, 2.24) is 4.90 Å². The Balaban J connectivity index is 1.89. The van der Waals surface area contributed by atoms with Crippen LogP contribution in [0, 0.1) is 11.6 Å². The number of benzene rings is 2. The first-order chi connectivity index (χ1) is 12.3. The van der Waals surface area contributed by atoms with Gasteiger partial charge in [-0.25, -0.2) is 13.8 Å². The summed E-state index contributed by atoms with van der Waals surface area (Å²) in [6.45, 7) is 0. The van der Waals surface area contributed by atoms with Crippen LogP contribution in [0.5, 0.6) is 11.5 Å². The summed E-state index contributed by atoms with van der Waals surface area (Å²) in [5.41, 5.74) is 0.885. The van der Waals surface area contributed by atoms with E-state index >= 15 is 0 Å². The largest absolute Gasteiger partial charge is 0.508 e. The fourth-order valence-corrected chi connectivity index (χ4v) is 2.35. The summed E-state index contributed by atoms with van der Waals surface area (Å²) >= 11 is 0. The third-order valence-corrected chi connectivity index (χ3v) is 3.76. The summed E-state index contributed by atoms with van der Waals surface area (Å²) in [5.74, 6) is -3.23. The van der Waals surface area contributed by atoms with Crippen molar-refractivity contribution in [3.8, 4) is 11.5 Å². The van der Waals surface area contributed by atoms with E-state index in [0.717, 1.165) is 17.7 Å². The number of hydrogen-bond acceptors (Lipinski definition) is 4. The van der Waals surface area contributed by atoms with E-state index < -0.39 is 23.3 Å². The van der Waals surface area contributed by atoms with Crippen molar-refractivity contribution in [3.63, 3.8) is 0 Å². The van der Waals surface area contributed by atoms with Crippen LogP contribution in [0.4, 0.5) is 8.78 Å². The van der Waals surface area contributed by atoms with E-state index in [9.17, 15) is 18.7 Å². The molecule has 1 amide bonds. The van der Waals surface area contributed by atoms with E-state index in [1.54, 1.807) is 24.3 Å². The predicted octanol–water partition coefficient (Wildman–Crippen LogP) is 3.30. The second-order valence-electron chi connectivity index (χ2n) is 5.62. The number of amidine groups is 1. The molecule has 0 saturated heterocycles. The molecule has 0 spiro atoms. The van der Waals surface area contributed by atoms with Gasteiger partial charge in [0.2, 0.25) is 0 Å². The molecule has 0 unspecified atom stereocenters. The number of halogens is 2. The number of phenols is 2. The first kappa shape index (κ1) is 17.3. The van der Waals surface area contributed by atoms with Crippen molar-refractivity contribution in [2.75, 3.05) is 7.05 Å². The molecular formula is C19H14F2N2O3. The molecule has 1 aliphatic rings. The molecule has 0 aliphatic carbocycles. The van der Waals surface area contributed by atoms with E-state index in [0.29, 0.717) is 5.84 Å². The highest BCUT2D eigenvalue weighted by molar-refractivity contribution is 6.18. The zero-order chi connectivity index (χ0) is 18.8. The van der Waals surface area contributed by atoms with Crippen LogP contribution in [0.1, 0.15) is 11.1 Å². The Labute approximate surface area is 147 Å². The highest BCUT2D eigenvalue weighted by Gasteiger charge is 2.25. The zero-order valence-electron chi connectivity index (χ0n) is 13.6. The van der Waals surface area contributed by atoms with Crippen molar-refractivity contribution in [3.05, 3.63) is 70.9 Å². The quantitative estimate of drug-likeness (QED) is 0.829. The Morgan fingerprint density at radius 1 is 1.00 bits per heavy atom. The van der Waals surface area contributed by atoms with Crippen molar-refractivity contribution in [2.45, 2.75) is 0 Å². The smallest absolute Gasteiger partial charge is 0.277 e. The SMILES string of the molecule is CN1C(=O)/C(=C\c2cc(F)c(O)c(F)c2)N=C1/C=C/c1ccc(O)cc1. The molecule has 2 aromatic carbocycles. The molecule has 2 aromatic rings. The van der Waals surface area contributed by atoms with E-state index in [1.165, 1.54) is 30.2 Å². The van der Waals surface area contributed by atoms with Crippen molar-refractivity contribution in [1.29, 1.82) is 0 Å². The molecule has 0 aromatic heterocycles. The number of amides is 1. The first-order valence-electron chi connectivity index (χ1n) is 7.59. The molecule has 132 valence electrons. The Morgan fingerprint density at radius 3 is 2.23 bits per heavy atom. The fourth-order valence-electron chi connectivity index (χ4n) is 2.35. The molecule has 1 heterocycles. The second-order valence-corrected chi connectivity index (χ2v) is 5.62. The van der Waals surface area contributed by atoms with Gasteiger partial charge in [0.15, 0.2) is 17.4 Å². The minimum Gasteiger partial charge on any atom is -0.508 e. The summed E-state index contributed by atoms with van der Waals surface area (Å²) in [6.07, 6.45) is 4.57. The lowest BCUT2D eigenvalue weighted by molar-refractivity contribution is -0.121.